The number of rotatable bonds is 4. The summed E-state index contributed by atoms with van der Waals surface area (Å²) in [7, 11) is 1.18. The number of thiol groups is 1. The molecule has 1 heterocycles. The minimum atomic E-state index is 0.293. The summed E-state index contributed by atoms with van der Waals surface area (Å²) in [5.74, 6) is 1.76. The first-order valence-corrected chi connectivity index (χ1v) is 7.07. The molecule has 0 aromatic heterocycles. The first-order chi connectivity index (χ1) is 6.19. The highest BCUT2D eigenvalue weighted by molar-refractivity contribution is 7.80. The van der Waals surface area contributed by atoms with Gasteiger partial charge in [0.15, 0.2) is 0 Å². The normalized spacial score (nSPS) is 31.8. The monoisotopic (exact) mass is 218 g/mol. The Labute approximate surface area is 90.5 Å². The van der Waals surface area contributed by atoms with E-state index in [1.54, 1.807) is 0 Å². The molecule has 1 saturated heterocycles. The standard InChI is InChI=1S/C10H22OSSi/c1-9(5-4-8-12)10(13)6-2-3-7-11-10/h9,12H,2-8H2,1,13H3. The fraction of sp³-hybridized carbons (Fsp3) is 1.00. The predicted molar refractivity (Wildman–Crippen MR) is 64.7 cm³/mol. The third-order valence-corrected chi connectivity index (χ3v) is 5.43. The Kier molecular flexibility index (Phi) is 4.84. The largest absolute Gasteiger partial charge is 0.379 e. The van der Waals surface area contributed by atoms with Gasteiger partial charge in [-0.15, -0.1) is 0 Å². The van der Waals surface area contributed by atoms with E-state index in [-0.39, 0.29) is 0 Å². The van der Waals surface area contributed by atoms with E-state index in [1.807, 2.05) is 0 Å². The van der Waals surface area contributed by atoms with Crippen LogP contribution in [0.25, 0.3) is 0 Å². The zero-order valence-electron chi connectivity index (χ0n) is 8.88. The maximum atomic E-state index is 5.96. The maximum Gasteiger partial charge on any atom is 0.0510 e. The lowest BCUT2D eigenvalue weighted by atomic mass is 9.92. The van der Waals surface area contributed by atoms with Crippen molar-refractivity contribution in [3.63, 3.8) is 0 Å². The SMILES string of the molecule is CC(CCCS)C1([SiH3])CCCCO1. The van der Waals surface area contributed by atoms with Crippen molar-refractivity contribution >= 4 is 22.9 Å². The van der Waals surface area contributed by atoms with Gasteiger partial charge in [-0.3, -0.25) is 0 Å². The van der Waals surface area contributed by atoms with Gasteiger partial charge >= 0.3 is 0 Å². The maximum absolute atomic E-state index is 5.96. The van der Waals surface area contributed by atoms with Crippen molar-refractivity contribution in [2.75, 3.05) is 12.4 Å². The smallest absolute Gasteiger partial charge is 0.0510 e. The predicted octanol–water partition coefficient (Wildman–Crippen LogP) is 1.59. The molecule has 3 heteroatoms. The van der Waals surface area contributed by atoms with Crippen LogP contribution in [-0.4, -0.2) is 27.8 Å². The van der Waals surface area contributed by atoms with Gasteiger partial charge in [-0.1, -0.05) is 6.92 Å². The number of hydrogen-bond acceptors (Lipinski definition) is 2. The van der Waals surface area contributed by atoms with E-state index in [1.165, 1.54) is 42.3 Å². The molecule has 1 nitrogen and oxygen atoms in total. The summed E-state index contributed by atoms with van der Waals surface area (Å²) < 4.78 is 5.96. The molecule has 0 bridgehead atoms. The lowest BCUT2D eigenvalue weighted by Crippen LogP contribution is -2.43. The molecule has 1 fully saturated rings. The first kappa shape index (κ1) is 11.6. The van der Waals surface area contributed by atoms with Crippen molar-refractivity contribution in [3.8, 4) is 0 Å². The lowest BCUT2D eigenvalue weighted by Gasteiger charge is -2.39. The van der Waals surface area contributed by atoms with E-state index in [0.29, 0.717) is 5.22 Å². The molecular weight excluding hydrogens is 196 g/mol. The van der Waals surface area contributed by atoms with Crippen molar-refractivity contribution in [2.24, 2.45) is 5.92 Å². The molecule has 2 unspecified atom stereocenters. The van der Waals surface area contributed by atoms with Crippen LogP contribution in [0.15, 0.2) is 0 Å². The highest BCUT2D eigenvalue weighted by Crippen LogP contribution is 2.31. The quantitative estimate of drug-likeness (QED) is 0.557. The van der Waals surface area contributed by atoms with Gasteiger partial charge < -0.3 is 4.74 Å². The number of hydrogen-bond donors (Lipinski definition) is 1. The summed E-state index contributed by atoms with van der Waals surface area (Å²) in [6.45, 7) is 3.34. The Bertz CT molecular complexity index is 146. The Morgan fingerprint density at radius 1 is 1.54 bits per heavy atom. The summed E-state index contributed by atoms with van der Waals surface area (Å²) in [6.07, 6.45) is 6.45. The Morgan fingerprint density at radius 3 is 2.85 bits per heavy atom. The zero-order chi connectivity index (χ0) is 9.73. The van der Waals surface area contributed by atoms with Crippen LogP contribution in [0.1, 0.15) is 39.0 Å². The van der Waals surface area contributed by atoms with E-state index in [2.05, 4.69) is 19.6 Å². The van der Waals surface area contributed by atoms with Gasteiger partial charge in [0, 0.05) is 16.8 Å². The van der Waals surface area contributed by atoms with Crippen molar-refractivity contribution in [3.05, 3.63) is 0 Å². The van der Waals surface area contributed by atoms with Crippen LogP contribution in [-0.2, 0) is 4.74 Å². The fourth-order valence-electron chi connectivity index (χ4n) is 2.05. The van der Waals surface area contributed by atoms with Crippen molar-refractivity contribution in [1.29, 1.82) is 0 Å². The third-order valence-electron chi connectivity index (χ3n) is 3.34. The van der Waals surface area contributed by atoms with Crippen molar-refractivity contribution < 1.29 is 4.74 Å². The molecular formula is C10H22OSSi. The van der Waals surface area contributed by atoms with E-state index in [0.717, 1.165) is 18.3 Å². The van der Waals surface area contributed by atoms with Crippen molar-refractivity contribution in [2.45, 2.75) is 44.3 Å². The molecule has 0 amide bonds. The molecule has 1 aliphatic rings. The molecule has 0 radical (unpaired) electrons. The van der Waals surface area contributed by atoms with Crippen LogP contribution < -0.4 is 0 Å². The van der Waals surface area contributed by atoms with Gasteiger partial charge in [0.25, 0.3) is 0 Å². The van der Waals surface area contributed by atoms with E-state index in [9.17, 15) is 0 Å². The molecule has 78 valence electrons. The van der Waals surface area contributed by atoms with Gasteiger partial charge in [0.2, 0.25) is 0 Å². The van der Waals surface area contributed by atoms with Gasteiger partial charge in [-0.25, -0.2) is 0 Å². The molecule has 13 heavy (non-hydrogen) atoms. The molecule has 0 aromatic carbocycles. The number of ether oxygens (including phenoxy) is 1. The van der Waals surface area contributed by atoms with Crippen LogP contribution in [0, 0.1) is 5.92 Å². The molecule has 1 aliphatic heterocycles. The van der Waals surface area contributed by atoms with Gasteiger partial charge in [0.1, 0.15) is 0 Å². The van der Waals surface area contributed by atoms with Crippen molar-refractivity contribution in [1.82, 2.24) is 0 Å². The molecule has 0 saturated carbocycles. The second-order valence-corrected chi connectivity index (χ2v) is 6.53. The van der Waals surface area contributed by atoms with Gasteiger partial charge in [-0.05, 0) is 43.8 Å². The molecule has 0 aromatic rings. The Morgan fingerprint density at radius 2 is 2.31 bits per heavy atom. The molecule has 0 aliphatic carbocycles. The second-order valence-electron chi connectivity index (χ2n) is 4.39. The van der Waals surface area contributed by atoms with E-state index >= 15 is 0 Å². The highest BCUT2D eigenvalue weighted by atomic mass is 32.1. The Balaban J connectivity index is 2.37. The fourth-order valence-corrected chi connectivity index (χ4v) is 3.08. The molecule has 0 spiro atoms. The van der Waals surface area contributed by atoms with Gasteiger partial charge in [0.05, 0.1) is 5.22 Å². The molecule has 1 rings (SSSR count). The highest BCUT2D eigenvalue weighted by Gasteiger charge is 2.32. The summed E-state index contributed by atoms with van der Waals surface area (Å²) in [6, 6.07) is 0. The van der Waals surface area contributed by atoms with Gasteiger partial charge in [-0.2, -0.15) is 12.6 Å². The van der Waals surface area contributed by atoms with Crippen LogP contribution >= 0.6 is 12.6 Å². The van der Waals surface area contributed by atoms with Crippen LogP contribution in [0.4, 0.5) is 0 Å². The van der Waals surface area contributed by atoms with E-state index in [4.69, 9.17) is 4.74 Å². The summed E-state index contributed by atoms with van der Waals surface area (Å²) in [4.78, 5) is 0. The minimum Gasteiger partial charge on any atom is -0.379 e. The van der Waals surface area contributed by atoms with Crippen LogP contribution in [0.5, 0.6) is 0 Å². The topological polar surface area (TPSA) is 9.23 Å². The third kappa shape index (κ3) is 3.29. The van der Waals surface area contributed by atoms with Crippen LogP contribution in [0.3, 0.4) is 0 Å². The average molecular weight is 218 g/mol. The van der Waals surface area contributed by atoms with E-state index < -0.39 is 0 Å². The summed E-state index contributed by atoms with van der Waals surface area (Å²) >= 11 is 4.26. The molecule has 0 N–H and O–H groups in total. The lowest BCUT2D eigenvalue weighted by molar-refractivity contribution is -0.0529. The summed E-state index contributed by atoms with van der Waals surface area (Å²) in [5.41, 5.74) is 0. The molecule has 2 atom stereocenters. The zero-order valence-corrected chi connectivity index (χ0v) is 11.8. The minimum absolute atomic E-state index is 0.293. The average Bonchev–Trinajstić information content (AvgIpc) is 2.15. The second kappa shape index (κ2) is 5.42. The Hall–Kier alpha value is 0.527. The van der Waals surface area contributed by atoms with Crippen LogP contribution in [0.2, 0.25) is 0 Å². The summed E-state index contributed by atoms with van der Waals surface area (Å²) in [5, 5.41) is 0.293. The first-order valence-electron chi connectivity index (χ1n) is 5.44.